The van der Waals surface area contributed by atoms with Crippen LogP contribution in [0, 0.1) is 0 Å². The average molecular weight is 272 g/mol. The molecule has 1 fully saturated rings. The Morgan fingerprint density at radius 1 is 1.25 bits per heavy atom. The summed E-state index contributed by atoms with van der Waals surface area (Å²) in [6.45, 7) is 1.89. The van der Waals surface area contributed by atoms with Crippen molar-refractivity contribution in [1.82, 2.24) is 20.2 Å². The summed E-state index contributed by atoms with van der Waals surface area (Å²) in [5.41, 5.74) is 6.99. The van der Waals surface area contributed by atoms with Gasteiger partial charge in [-0.25, -0.2) is 0 Å². The Labute approximate surface area is 118 Å². The topological polar surface area (TPSA) is 83.7 Å². The standard InChI is InChI=1S/C14H20N6/c15-11-6-9-20(10-7-11)14-17-13(18-19-14)5-4-12-3-1-2-8-16-12/h1-3,8,11H,4-7,9-10,15H2,(H,17,18,19). The number of pyridine rings is 1. The van der Waals surface area contributed by atoms with Gasteiger partial charge in [-0.1, -0.05) is 6.07 Å². The number of nitrogens with two attached hydrogens (primary N) is 1. The number of aromatic nitrogens is 4. The first-order valence-corrected chi connectivity index (χ1v) is 7.13. The molecular formula is C14H20N6. The van der Waals surface area contributed by atoms with Gasteiger partial charge in [0.15, 0.2) is 0 Å². The first kappa shape index (κ1) is 13.1. The lowest BCUT2D eigenvalue weighted by Crippen LogP contribution is -2.40. The molecule has 0 radical (unpaired) electrons. The van der Waals surface area contributed by atoms with Crippen molar-refractivity contribution in [3.8, 4) is 0 Å². The van der Waals surface area contributed by atoms with Crippen molar-refractivity contribution in [2.75, 3.05) is 18.0 Å². The molecule has 0 saturated carbocycles. The minimum absolute atomic E-state index is 0.328. The van der Waals surface area contributed by atoms with Crippen LogP contribution in [-0.4, -0.2) is 39.3 Å². The van der Waals surface area contributed by atoms with Gasteiger partial charge in [-0.3, -0.25) is 10.1 Å². The SMILES string of the molecule is NC1CCN(c2n[nH]c(CCc3ccccn3)n2)CC1. The number of H-pyrrole nitrogens is 1. The molecule has 106 valence electrons. The molecule has 1 aliphatic rings. The molecule has 0 unspecified atom stereocenters. The summed E-state index contributed by atoms with van der Waals surface area (Å²) in [7, 11) is 0. The van der Waals surface area contributed by atoms with E-state index < -0.39 is 0 Å². The highest BCUT2D eigenvalue weighted by Gasteiger charge is 2.19. The van der Waals surface area contributed by atoms with Crippen LogP contribution in [0.25, 0.3) is 0 Å². The van der Waals surface area contributed by atoms with E-state index in [0.29, 0.717) is 6.04 Å². The van der Waals surface area contributed by atoms with Gasteiger partial charge in [-0.15, -0.1) is 5.10 Å². The van der Waals surface area contributed by atoms with E-state index >= 15 is 0 Å². The molecule has 3 N–H and O–H groups in total. The molecule has 3 rings (SSSR count). The molecule has 2 aromatic rings. The summed E-state index contributed by atoms with van der Waals surface area (Å²) < 4.78 is 0. The highest BCUT2D eigenvalue weighted by molar-refractivity contribution is 5.29. The Kier molecular flexibility index (Phi) is 3.92. The Bertz CT molecular complexity index is 530. The fourth-order valence-electron chi connectivity index (χ4n) is 2.43. The molecule has 0 aliphatic carbocycles. The molecule has 0 bridgehead atoms. The van der Waals surface area contributed by atoms with Crippen molar-refractivity contribution in [2.24, 2.45) is 5.73 Å². The van der Waals surface area contributed by atoms with Crippen molar-refractivity contribution < 1.29 is 0 Å². The maximum absolute atomic E-state index is 5.91. The van der Waals surface area contributed by atoms with Gasteiger partial charge < -0.3 is 10.6 Å². The number of nitrogens with one attached hydrogen (secondary N) is 1. The zero-order chi connectivity index (χ0) is 13.8. The zero-order valence-electron chi connectivity index (χ0n) is 11.5. The molecule has 0 aromatic carbocycles. The van der Waals surface area contributed by atoms with E-state index in [-0.39, 0.29) is 0 Å². The molecule has 1 aliphatic heterocycles. The van der Waals surface area contributed by atoms with Crippen LogP contribution < -0.4 is 10.6 Å². The predicted molar refractivity (Wildman–Crippen MR) is 77.5 cm³/mol. The lowest BCUT2D eigenvalue weighted by molar-refractivity contribution is 0.496. The normalized spacial score (nSPS) is 16.6. The van der Waals surface area contributed by atoms with Gasteiger partial charge in [0.2, 0.25) is 5.95 Å². The van der Waals surface area contributed by atoms with Crippen LogP contribution in [0.15, 0.2) is 24.4 Å². The van der Waals surface area contributed by atoms with Crippen molar-refractivity contribution in [3.63, 3.8) is 0 Å². The molecule has 0 spiro atoms. The average Bonchev–Trinajstić information content (AvgIpc) is 2.96. The number of rotatable bonds is 4. The van der Waals surface area contributed by atoms with E-state index in [1.54, 1.807) is 0 Å². The number of aromatic amines is 1. The van der Waals surface area contributed by atoms with Crippen molar-refractivity contribution >= 4 is 5.95 Å². The van der Waals surface area contributed by atoms with Gasteiger partial charge in [0.1, 0.15) is 5.82 Å². The molecule has 6 heteroatoms. The van der Waals surface area contributed by atoms with Crippen LogP contribution in [0.5, 0.6) is 0 Å². The monoisotopic (exact) mass is 272 g/mol. The first-order chi connectivity index (χ1) is 9.81. The van der Waals surface area contributed by atoms with Gasteiger partial charge >= 0.3 is 0 Å². The van der Waals surface area contributed by atoms with E-state index in [0.717, 1.165) is 56.2 Å². The van der Waals surface area contributed by atoms with Crippen molar-refractivity contribution in [1.29, 1.82) is 0 Å². The molecule has 0 atom stereocenters. The van der Waals surface area contributed by atoms with E-state index in [4.69, 9.17) is 5.73 Å². The molecular weight excluding hydrogens is 252 g/mol. The van der Waals surface area contributed by atoms with Crippen LogP contribution in [0.4, 0.5) is 5.95 Å². The van der Waals surface area contributed by atoms with Crippen LogP contribution in [-0.2, 0) is 12.8 Å². The molecule has 0 amide bonds. The Balaban J connectivity index is 1.57. The largest absolute Gasteiger partial charge is 0.339 e. The summed E-state index contributed by atoms with van der Waals surface area (Å²) in [6.07, 6.45) is 5.55. The van der Waals surface area contributed by atoms with E-state index in [1.807, 2.05) is 24.4 Å². The first-order valence-electron chi connectivity index (χ1n) is 7.13. The Morgan fingerprint density at radius 2 is 2.10 bits per heavy atom. The molecule has 20 heavy (non-hydrogen) atoms. The predicted octanol–water partition coefficient (Wildman–Crippen LogP) is 0.912. The molecule has 3 heterocycles. The molecule has 2 aromatic heterocycles. The summed E-state index contributed by atoms with van der Waals surface area (Å²) in [5, 5.41) is 7.33. The number of aryl methyl sites for hydroxylation is 2. The summed E-state index contributed by atoms with van der Waals surface area (Å²) >= 11 is 0. The summed E-state index contributed by atoms with van der Waals surface area (Å²) in [6, 6.07) is 6.29. The van der Waals surface area contributed by atoms with Crippen LogP contribution in [0.3, 0.4) is 0 Å². The number of hydrogen-bond acceptors (Lipinski definition) is 5. The van der Waals surface area contributed by atoms with E-state index in [9.17, 15) is 0 Å². The van der Waals surface area contributed by atoms with Gasteiger partial charge in [0, 0.05) is 37.4 Å². The second-order valence-corrected chi connectivity index (χ2v) is 5.23. The second kappa shape index (κ2) is 6.00. The quantitative estimate of drug-likeness (QED) is 0.864. The lowest BCUT2D eigenvalue weighted by Gasteiger charge is -2.28. The maximum Gasteiger partial charge on any atom is 0.244 e. The van der Waals surface area contributed by atoms with Gasteiger partial charge in [0.25, 0.3) is 0 Å². The minimum Gasteiger partial charge on any atom is -0.339 e. The van der Waals surface area contributed by atoms with Crippen LogP contribution in [0.1, 0.15) is 24.4 Å². The molecule has 6 nitrogen and oxygen atoms in total. The van der Waals surface area contributed by atoms with E-state index in [2.05, 4.69) is 25.1 Å². The van der Waals surface area contributed by atoms with E-state index in [1.165, 1.54) is 0 Å². The third-order valence-electron chi connectivity index (χ3n) is 3.69. The fraction of sp³-hybridized carbons (Fsp3) is 0.500. The number of anilines is 1. The smallest absolute Gasteiger partial charge is 0.244 e. The lowest BCUT2D eigenvalue weighted by atomic mass is 10.1. The van der Waals surface area contributed by atoms with Gasteiger partial charge in [-0.05, 0) is 31.4 Å². The summed E-state index contributed by atoms with van der Waals surface area (Å²) in [4.78, 5) is 11.1. The highest BCUT2D eigenvalue weighted by atomic mass is 15.4. The minimum atomic E-state index is 0.328. The second-order valence-electron chi connectivity index (χ2n) is 5.23. The number of piperidine rings is 1. The third-order valence-corrected chi connectivity index (χ3v) is 3.69. The summed E-state index contributed by atoms with van der Waals surface area (Å²) in [5.74, 6) is 1.72. The van der Waals surface area contributed by atoms with Crippen LogP contribution in [0.2, 0.25) is 0 Å². The van der Waals surface area contributed by atoms with Crippen molar-refractivity contribution in [2.45, 2.75) is 31.7 Å². The van der Waals surface area contributed by atoms with Gasteiger partial charge in [-0.2, -0.15) is 4.98 Å². The third kappa shape index (κ3) is 3.14. The fourth-order valence-corrected chi connectivity index (χ4v) is 2.43. The molecule has 1 saturated heterocycles. The Morgan fingerprint density at radius 3 is 2.85 bits per heavy atom. The van der Waals surface area contributed by atoms with Crippen molar-refractivity contribution in [3.05, 3.63) is 35.9 Å². The van der Waals surface area contributed by atoms with Gasteiger partial charge in [0.05, 0.1) is 0 Å². The maximum atomic E-state index is 5.91. The van der Waals surface area contributed by atoms with Crippen LogP contribution >= 0.6 is 0 Å². The Hall–Kier alpha value is -1.95. The zero-order valence-corrected chi connectivity index (χ0v) is 11.5. The number of hydrogen-bond donors (Lipinski definition) is 2. The number of nitrogens with zero attached hydrogens (tertiary/aromatic N) is 4. The highest BCUT2D eigenvalue weighted by Crippen LogP contribution is 2.15.